The van der Waals surface area contributed by atoms with E-state index in [1.807, 2.05) is 35.2 Å². The van der Waals surface area contributed by atoms with Gasteiger partial charge in [-0.05, 0) is 54.2 Å². The molecule has 38 heavy (non-hydrogen) atoms. The van der Waals surface area contributed by atoms with E-state index in [0.717, 1.165) is 36.5 Å². The lowest BCUT2D eigenvalue weighted by atomic mass is 9.89. The molecule has 1 N–H and O–H groups in total. The maximum Gasteiger partial charge on any atom is 0.337 e. The molecule has 2 aliphatic rings. The molecule has 1 unspecified atom stereocenters. The number of carbonyl (C=O) groups is 2. The molecule has 1 atom stereocenters. The molecule has 1 aliphatic carbocycles. The van der Waals surface area contributed by atoms with Gasteiger partial charge in [0.2, 0.25) is 0 Å². The highest BCUT2D eigenvalue weighted by atomic mass is 16.5. The molecule has 4 rings (SSSR count). The van der Waals surface area contributed by atoms with Crippen LogP contribution in [-0.4, -0.2) is 75.3 Å². The fraction of sp³-hybridized carbons (Fsp3) is 0.533. The molecule has 0 radical (unpaired) electrons. The molecule has 0 spiro atoms. The van der Waals surface area contributed by atoms with Gasteiger partial charge in [-0.3, -0.25) is 4.90 Å². The highest BCUT2D eigenvalue weighted by Gasteiger charge is 2.25. The average molecular weight is 524 g/mol. The van der Waals surface area contributed by atoms with E-state index >= 15 is 0 Å². The van der Waals surface area contributed by atoms with E-state index < -0.39 is 0 Å². The van der Waals surface area contributed by atoms with Crippen LogP contribution in [0.25, 0.3) is 0 Å². The summed E-state index contributed by atoms with van der Waals surface area (Å²) in [5.41, 5.74) is 2.54. The zero-order valence-corrected chi connectivity index (χ0v) is 22.7. The number of benzene rings is 2. The summed E-state index contributed by atoms with van der Waals surface area (Å²) < 4.78 is 16.6. The van der Waals surface area contributed by atoms with E-state index in [1.165, 1.54) is 39.2 Å². The standard InChI is InChI=1S/C30H41N3O5/c1-36-27-10-6-9-26(19-27)28(38-22-24-11-13-25(14-12-24)29(34)37-2)21-32-15-17-33(18-16-32)30(35)31-20-23-7-4-3-5-8-23/h6,9-14,19,23,28H,3-5,7-8,15-18,20-22H2,1-2H3,(H,31,35). The number of piperazine rings is 1. The highest BCUT2D eigenvalue weighted by molar-refractivity contribution is 5.89. The van der Waals surface area contributed by atoms with Crippen molar-refractivity contribution in [3.63, 3.8) is 0 Å². The van der Waals surface area contributed by atoms with E-state index in [9.17, 15) is 9.59 Å². The number of esters is 1. The summed E-state index contributed by atoms with van der Waals surface area (Å²) in [6.45, 7) is 4.93. The second-order valence-electron chi connectivity index (χ2n) is 10.2. The predicted molar refractivity (Wildman–Crippen MR) is 146 cm³/mol. The molecule has 1 heterocycles. The van der Waals surface area contributed by atoms with Crippen LogP contribution in [0.1, 0.15) is 59.7 Å². The molecular weight excluding hydrogens is 482 g/mol. The number of hydrogen-bond acceptors (Lipinski definition) is 6. The van der Waals surface area contributed by atoms with Crippen molar-refractivity contribution in [2.24, 2.45) is 5.92 Å². The predicted octanol–water partition coefficient (Wildman–Crippen LogP) is 4.65. The maximum absolute atomic E-state index is 12.7. The molecule has 1 aliphatic heterocycles. The first-order chi connectivity index (χ1) is 18.6. The lowest BCUT2D eigenvalue weighted by Crippen LogP contribution is -2.53. The first-order valence-corrected chi connectivity index (χ1v) is 13.7. The van der Waals surface area contributed by atoms with Gasteiger partial charge in [0.25, 0.3) is 0 Å². The van der Waals surface area contributed by atoms with Gasteiger partial charge in [0.1, 0.15) is 5.75 Å². The van der Waals surface area contributed by atoms with Crippen molar-refractivity contribution in [1.29, 1.82) is 0 Å². The second kappa shape index (κ2) is 14.2. The van der Waals surface area contributed by atoms with Crippen LogP contribution in [0.4, 0.5) is 4.79 Å². The van der Waals surface area contributed by atoms with Crippen LogP contribution in [0.3, 0.4) is 0 Å². The lowest BCUT2D eigenvalue weighted by Gasteiger charge is -2.36. The van der Waals surface area contributed by atoms with Gasteiger partial charge in [0, 0.05) is 39.3 Å². The number of hydrogen-bond donors (Lipinski definition) is 1. The molecule has 8 nitrogen and oxygen atoms in total. The number of nitrogens with one attached hydrogen (secondary N) is 1. The summed E-state index contributed by atoms with van der Waals surface area (Å²) in [6, 6.07) is 15.3. The Kier molecular flexibility index (Phi) is 10.4. The Labute approximate surface area is 226 Å². The van der Waals surface area contributed by atoms with E-state index in [2.05, 4.69) is 16.3 Å². The van der Waals surface area contributed by atoms with Crippen LogP contribution in [-0.2, 0) is 16.1 Å². The van der Waals surface area contributed by atoms with Gasteiger partial charge in [0.05, 0.1) is 32.5 Å². The number of methoxy groups -OCH3 is 2. The fourth-order valence-electron chi connectivity index (χ4n) is 5.25. The average Bonchev–Trinajstić information content (AvgIpc) is 2.98. The number of urea groups is 1. The van der Waals surface area contributed by atoms with Gasteiger partial charge in [-0.25, -0.2) is 9.59 Å². The van der Waals surface area contributed by atoms with Gasteiger partial charge in [0.15, 0.2) is 0 Å². The number of rotatable bonds is 10. The Morgan fingerprint density at radius 1 is 0.974 bits per heavy atom. The van der Waals surface area contributed by atoms with Crippen LogP contribution >= 0.6 is 0 Å². The summed E-state index contributed by atoms with van der Waals surface area (Å²) in [4.78, 5) is 28.8. The van der Waals surface area contributed by atoms with Crippen LogP contribution < -0.4 is 10.1 Å². The van der Waals surface area contributed by atoms with Crippen molar-refractivity contribution in [2.75, 3.05) is 53.5 Å². The van der Waals surface area contributed by atoms with Crippen molar-refractivity contribution in [2.45, 2.75) is 44.8 Å². The Morgan fingerprint density at radius 2 is 1.71 bits per heavy atom. The molecule has 206 valence electrons. The van der Waals surface area contributed by atoms with Crippen molar-refractivity contribution in [3.05, 3.63) is 65.2 Å². The maximum atomic E-state index is 12.7. The molecule has 2 aromatic carbocycles. The van der Waals surface area contributed by atoms with Crippen molar-refractivity contribution < 1.29 is 23.8 Å². The normalized spacial score (nSPS) is 17.6. The van der Waals surface area contributed by atoms with Crippen molar-refractivity contribution in [3.8, 4) is 5.75 Å². The third-order valence-corrected chi connectivity index (χ3v) is 7.64. The van der Waals surface area contributed by atoms with Gasteiger partial charge in [-0.2, -0.15) is 0 Å². The third kappa shape index (κ3) is 7.95. The minimum absolute atomic E-state index is 0.0613. The second-order valence-corrected chi connectivity index (χ2v) is 10.2. The molecular formula is C30H41N3O5. The number of amides is 2. The molecule has 1 saturated carbocycles. The molecule has 0 bridgehead atoms. The van der Waals surface area contributed by atoms with Gasteiger partial charge in [-0.1, -0.05) is 43.5 Å². The van der Waals surface area contributed by atoms with Crippen LogP contribution in [0.5, 0.6) is 5.75 Å². The Bertz CT molecular complexity index is 1030. The third-order valence-electron chi connectivity index (χ3n) is 7.64. The molecule has 0 aromatic heterocycles. The minimum atomic E-state index is -0.353. The SMILES string of the molecule is COC(=O)c1ccc(COC(CN2CCN(C(=O)NCC3CCCCC3)CC2)c2cccc(OC)c2)cc1. The van der Waals surface area contributed by atoms with Crippen LogP contribution in [0.15, 0.2) is 48.5 Å². The van der Waals surface area contributed by atoms with E-state index in [1.54, 1.807) is 19.2 Å². The van der Waals surface area contributed by atoms with Gasteiger partial charge >= 0.3 is 12.0 Å². The Morgan fingerprint density at radius 3 is 2.39 bits per heavy atom. The summed E-state index contributed by atoms with van der Waals surface area (Å²) >= 11 is 0. The summed E-state index contributed by atoms with van der Waals surface area (Å²) in [7, 11) is 3.04. The lowest BCUT2D eigenvalue weighted by molar-refractivity contribution is 0.00542. The number of nitrogens with zero attached hydrogens (tertiary/aromatic N) is 2. The zero-order valence-electron chi connectivity index (χ0n) is 22.7. The Balaban J connectivity index is 1.32. The first-order valence-electron chi connectivity index (χ1n) is 13.7. The van der Waals surface area contributed by atoms with Crippen molar-refractivity contribution >= 4 is 12.0 Å². The summed E-state index contributed by atoms with van der Waals surface area (Å²) in [6.07, 6.45) is 6.19. The Hall–Kier alpha value is -3.10. The van der Waals surface area contributed by atoms with E-state index in [-0.39, 0.29) is 18.1 Å². The zero-order chi connectivity index (χ0) is 26.7. The molecule has 1 saturated heterocycles. The van der Waals surface area contributed by atoms with Crippen LogP contribution in [0.2, 0.25) is 0 Å². The summed E-state index contributed by atoms with van der Waals surface area (Å²) in [5.74, 6) is 1.07. The molecule has 2 aromatic rings. The topological polar surface area (TPSA) is 80.3 Å². The van der Waals surface area contributed by atoms with Crippen LogP contribution in [0, 0.1) is 5.92 Å². The quantitative estimate of drug-likeness (QED) is 0.457. The monoisotopic (exact) mass is 523 g/mol. The molecule has 2 amide bonds. The van der Waals surface area contributed by atoms with Gasteiger partial charge in [-0.15, -0.1) is 0 Å². The minimum Gasteiger partial charge on any atom is -0.497 e. The largest absolute Gasteiger partial charge is 0.497 e. The van der Waals surface area contributed by atoms with E-state index in [0.29, 0.717) is 37.7 Å². The van der Waals surface area contributed by atoms with E-state index in [4.69, 9.17) is 14.2 Å². The molecule has 8 heteroatoms. The fourth-order valence-corrected chi connectivity index (χ4v) is 5.25. The highest BCUT2D eigenvalue weighted by Crippen LogP contribution is 2.26. The smallest absolute Gasteiger partial charge is 0.337 e. The van der Waals surface area contributed by atoms with Crippen molar-refractivity contribution in [1.82, 2.24) is 15.1 Å². The van der Waals surface area contributed by atoms with Gasteiger partial charge < -0.3 is 24.4 Å². The summed E-state index contributed by atoms with van der Waals surface area (Å²) in [5, 5.41) is 3.17. The number of carbonyl (C=O) groups excluding carboxylic acids is 2. The molecule has 2 fully saturated rings. The number of ether oxygens (including phenoxy) is 3. The first kappa shape index (κ1) is 27.9.